The van der Waals surface area contributed by atoms with Crippen molar-refractivity contribution in [1.29, 1.82) is 0 Å². The Balaban J connectivity index is 1.20. The molecule has 10 rings (SSSR count). The Hall–Kier alpha value is -6.15. The van der Waals surface area contributed by atoms with Crippen LogP contribution in [0.1, 0.15) is 0 Å². The molecular weight excluding hydrogens is 591 g/mol. The minimum Gasteiger partial charge on any atom is -0.309 e. The van der Waals surface area contributed by atoms with Crippen LogP contribution in [0.4, 0.5) is 5.69 Å². The molecule has 0 radical (unpaired) electrons. The van der Waals surface area contributed by atoms with Crippen LogP contribution in [0.2, 0.25) is 0 Å². The monoisotopic (exact) mass is 615 g/mol. The first-order valence-corrected chi connectivity index (χ1v) is 16.5. The van der Waals surface area contributed by atoms with Crippen LogP contribution >= 0.6 is 11.3 Å². The minimum absolute atomic E-state index is 0.656. The second-order valence-corrected chi connectivity index (χ2v) is 13.1. The standard InChI is InChI=1S/C43H25N3S/c1-44-29-20-21-38-35(26-29)42-39(22-23-41-43(42)34-16-4-7-19-40(34)47-41)46(38)31-13-9-11-28(25-31)27-10-8-12-30(24-27)45-36-17-5-2-14-32(36)33-15-3-6-18-37(33)45/h2-26H. The SMILES string of the molecule is [C-]#[N+]c1ccc2c(c1)c1c3c(ccc1n2-c1cccc(-c2cccc(-n4c5ccccc5c5ccccc54)c2)c1)sc1ccccc13. The lowest BCUT2D eigenvalue weighted by Gasteiger charge is -2.13. The molecular formula is C43H25N3S. The highest BCUT2D eigenvalue weighted by atomic mass is 32.1. The van der Waals surface area contributed by atoms with Gasteiger partial charge in [0.15, 0.2) is 5.69 Å². The third-order valence-electron chi connectivity index (χ3n) is 9.50. The van der Waals surface area contributed by atoms with Gasteiger partial charge in [0.2, 0.25) is 0 Å². The molecule has 0 aliphatic rings. The summed E-state index contributed by atoms with van der Waals surface area (Å²) in [7, 11) is 0. The van der Waals surface area contributed by atoms with E-state index in [4.69, 9.17) is 6.57 Å². The maximum Gasteiger partial charge on any atom is 0.188 e. The van der Waals surface area contributed by atoms with Gasteiger partial charge < -0.3 is 9.13 Å². The van der Waals surface area contributed by atoms with Crippen LogP contribution in [0.25, 0.3) is 91.1 Å². The van der Waals surface area contributed by atoms with Crippen LogP contribution in [0.3, 0.4) is 0 Å². The Kier molecular flexibility index (Phi) is 5.51. The first-order chi connectivity index (χ1) is 23.3. The maximum atomic E-state index is 7.76. The molecule has 0 aliphatic heterocycles. The van der Waals surface area contributed by atoms with Gasteiger partial charge in [0.1, 0.15) is 0 Å². The summed E-state index contributed by atoms with van der Waals surface area (Å²) in [5, 5.41) is 7.37. The van der Waals surface area contributed by atoms with Gasteiger partial charge in [0, 0.05) is 47.7 Å². The minimum atomic E-state index is 0.656. The third kappa shape index (κ3) is 3.78. The van der Waals surface area contributed by atoms with Crippen molar-refractivity contribution >= 4 is 80.8 Å². The Bertz CT molecular complexity index is 2880. The number of hydrogen-bond acceptors (Lipinski definition) is 1. The largest absolute Gasteiger partial charge is 0.309 e. The lowest BCUT2D eigenvalue weighted by Crippen LogP contribution is -1.96. The zero-order chi connectivity index (χ0) is 31.1. The van der Waals surface area contributed by atoms with Crippen LogP contribution in [0.15, 0.2) is 152 Å². The van der Waals surface area contributed by atoms with Crippen molar-refractivity contribution in [2.75, 3.05) is 0 Å². The molecule has 3 aromatic heterocycles. The zero-order valence-corrected chi connectivity index (χ0v) is 26.0. The Labute approximate surface area is 274 Å². The van der Waals surface area contributed by atoms with Crippen molar-refractivity contribution < 1.29 is 0 Å². The van der Waals surface area contributed by atoms with Crippen LogP contribution in [-0.4, -0.2) is 9.13 Å². The molecule has 0 N–H and O–H groups in total. The Morgan fingerprint density at radius 2 is 1.00 bits per heavy atom. The fourth-order valence-electron chi connectivity index (χ4n) is 7.51. The van der Waals surface area contributed by atoms with Crippen molar-refractivity contribution in [3.8, 4) is 22.5 Å². The van der Waals surface area contributed by atoms with Gasteiger partial charge in [-0.25, -0.2) is 4.85 Å². The molecule has 0 bridgehead atoms. The lowest BCUT2D eigenvalue weighted by atomic mass is 10.0. The normalized spacial score (nSPS) is 11.8. The summed E-state index contributed by atoms with van der Waals surface area (Å²) in [4.78, 5) is 3.80. The molecule has 47 heavy (non-hydrogen) atoms. The van der Waals surface area contributed by atoms with E-state index >= 15 is 0 Å². The fraction of sp³-hybridized carbons (Fsp3) is 0. The quantitative estimate of drug-likeness (QED) is 0.176. The van der Waals surface area contributed by atoms with Crippen molar-refractivity contribution in [1.82, 2.24) is 9.13 Å². The number of para-hydroxylation sites is 2. The van der Waals surface area contributed by atoms with E-state index < -0.39 is 0 Å². The smallest absolute Gasteiger partial charge is 0.188 e. The average Bonchev–Trinajstić information content (AvgIpc) is 3.79. The van der Waals surface area contributed by atoms with Crippen LogP contribution < -0.4 is 0 Å². The fourth-order valence-corrected chi connectivity index (χ4v) is 8.62. The summed E-state index contributed by atoms with van der Waals surface area (Å²) in [6, 6.07) is 54.3. The molecule has 3 heterocycles. The summed E-state index contributed by atoms with van der Waals surface area (Å²) in [5.41, 5.74) is 9.87. The van der Waals surface area contributed by atoms with E-state index in [0.717, 1.165) is 38.9 Å². The predicted octanol–water partition coefficient (Wildman–Crippen LogP) is 12.5. The first-order valence-electron chi connectivity index (χ1n) is 15.7. The van der Waals surface area contributed by atoms with Gasteiger partial charge >= 0.3 is 0 Å². The van der Waals surface area contributed by atoms with E-state index in [-0.39, 0.29) is 0 Å². The molecule has 0 unspecified atom stereocenters. The number of nitrogens with zero attached hydrogens (tertiary/aromatic N) is 3. The number of aromatic nitrogens is 2. The van der Waals surface area contributed by atoms with Crippen molar-refractivity contribution in [3.05, 3.63) is 163 Å². The van der Waals surface area contributed by atoms with E-state index in [1.54, 1.807) is 0 Å². The van der Waals surface area contributed by atoms with Gasteiger partial charge in [-0.2, -0.15) is 0 Å². The molecule has 0 saturated heterocycles. The summed E-state index contributed by atoms with van der Waals surface area (Å²) in [5.74, 6) is 0. The van der Waals surface area contributed by atoms with Crippen LogP contribution in [0, 0.1) is 6.57 Å². The van der Waals surface area contributed by atoms with Gasteiger partial charge in [-0.1, -0.05) is 84.9 Å². The molecule has 10 aromatic rings. The van der Waals surface area contributed by atoms with Crippen LogP contribution in [0.5, 0.6) is 0 Å². The van der Waals surface area contributed by atoms with Gasteiger partial charge in [0.25, 0.3) is 0 Å². The summed E-state index contributed by atoms with van der Waals surface area (Å²) >= 11 is 1.83. The van der Waals surface area contributed by atoms with E-state index in [1.165, 1.54) is 47.4 Å². The topological polar surface area (TPSA) is 14.2 Å². The molecule has 3 nitrogen and oxygen atoms in total. The summed E-state index contributed by atoms with van der Waals surface area (Å²) in [6.07, 6.45) is 0. The van der Waals surface area contributed by atoms with Gasteiger partial charge in [-0.3, -0.25) is 0 Å². The van der Waals surface area contributed by atoms with E-state index in [2.05, 4.69) is 160 Å². The summed E-state index contributed by atoms with van der Waals surface area (Å²) in [6.45, 7) is 7.76. The molecule has 7 aromatic carbocycles. The molecule has 0 spiro atoms. The molecule has 0 saturated carbocycles. The maximum absolute atomic E-state index is 7.76. The predicted molar refractivity (Wildman–Crippen MR) is 200 cm³/mol. The van der Waals surface area contributed by atoms with Gasteiger partial charge in [-0.05, 0) is 83.2 Å². The Morgan fingerprint density at radius 3 is 1.68 bits per heavy atom. The molecule has 0 aliphatic carbocycles. The number of thiophene rings is 1. The lowest BCUT2D eigenvalue weighted by molar-refractivity contribution is 1.17. The third-order valence-corrected chi connectivity index (χ3v) is 10.6. The van der Waals surface area contributed by atoms with E-state index in [0.29, 0.717) is 5.69 Å². The van der Waals surface area contributed by atoms with E-state index in [9.17, 15) is 0 Å². The highest BCUT2D eigenvalue weighted by Gasteiger charge is 2.19. The zero-order valence-electron chi connectivity index (χ0n) is 25.2. The number of rotatable bonds is 3. The van der Waals surface area contributed by atoms with Crippen molar-refractivity contribution in [2.24, 2.45) is 0 Å². The molecule has 4 heteroatoms. The van der Waals surface area contributed by atoms with Gasteiger partial charge in [-0.15, -0.1) is 11.3 Å². The number of benzene rings is 7. The molecule has 218 valence electrons. The number of fused-ring (bicyclic) bond motifs is 10. The number of hydrogen-bond donors (Lipinski definition) is 0. The Morgan fingerprint density at radius 1 is 0.426 bits per heavy atom. The first kappa shape index (κ1) is 26.1. The van der Waals surface area contributed by atoms with Gasteiger partial charge in [0.05, 0.1) is 28.6 Å². The molecule has 0 atom stereocenters. The highest BCUT2D eigenvalue weighted by molar-refractivity contribution is 7.26. The van der Waals surface area contributed by atoms with Crippen molar-refractivity contribution in [3.63, 3.8) is 0 Å². The molecule has 0 fully saturated rings. The highest BCUT2D eigenvalue weighted by Crippen LogP contribution is 2.44. The average molecular weight is 616 g/mol. The summed E-state index contributed by atoms with van der Waals surface area (Å²) < 4.78 is 7.28. The van der Waals surface area contributed by atoms with Crippen LogP contribution in [-0.2, 0) is 0 Å². The second-order valence-electron chi connectivity index (χ2n) is 12.1. The molecule has 0 amide bonds. The second kappa shape index (κ2) is 9.92. The van der Waals surface area contributed by atoms with Crippen molar-refractivity contribution in [2.45, 2.75) is 0 Å². The van der Waals surface area contributed by atoms with E-state index in [1.807, 2.05) is 17.4 Å².